The van der Waals surface area contributed by atoms with Crippen LogP contribution in [0.2, 0.25) is 6.55 Å². The van der Waals surface area contributed by atoms with Crippen molar-refractivity contribution >= 4 is 18.4 Å². The van der Waals surface area contributed by atoms with E-state index in [-0.39, 0.29) is 6.29 Å². The lowest BCUT2D eigenvalue weighted by atomic mass is 10.2. The Morgan fingerprint density at radius 2 is 1.62 bits per heavy atom. The van der Waals surface area contributed by atoms with Crippen LogP contribution in [0, 0.1) is 0 Å². The Bertz CT molecular complexity index is 660. The van der Waals surface area contributed by atoms with Gasteiger partial charge in [-0.15, -0.1) is 0 Å². The molecule has 0 aliphatic carbocycles. The molecule has 1 fully saturated rings. The second-order valence-corrected chi connectivity index (χ2v) is 10.1. The summed E-state index contributed by atoms with van der Waals surface area (Å²) in [5.74, 6) is 0. The molecule has 2 aromatic carbocycles. The summed E-state index contributed by atoms with van der Waals surface area (Å²) >= 11 is 0. The van der Waals surface area contributed by atoms with Gasteiger partial charge in [0.1, 0.15) is 5.38 Å². The van der Waals surface area contributed by atoms with E-state index in [9.17, 15) is 0 Å². The molecule has 1 unspecified atom stereocenters. The molecule has 124 valence electrons. The summed E-state index contributed by atoms with van der Waals surface area (Å²) < 4.78 is 12.1. The van der Waals surface area contributed by atoms with E-state index >= 15 is 0 Å². The van der Waals surface area contributed by atoms with E-state index in [1.807, 2.05) is 12.1 Å². The number of rotatable bonds is 5. The monoisotopic (exact) mass is 336 g/mol. The van der Waals surface area contributed by atoms with Crippen molar-refractivity contribution in [3.63, 3.8) is 0 Å². The minimum absolute atomic E-state index is 0.178. The first-order valence-electron chi connectivity index (χ1n) is 8.55. The van der Waals surface area contributed by atoms with Gasteiger partial charge in [0.2, 0.25) is 0 Å². The normalized spacial score (nSPS) is 17.8. The topological polar surface area (TPSA) is 18.5 Å². The molecule has 0 N–H and O–H groups in total. The highest BCUT2D eigenvalue weighted by atomic mass is 28.3. The summed E-state index contributed by atoms with van der Waals surface area (Å²) in [5, 5.41) is 3.43. The molecule has 0 amide bonds. The van der Waals surface area contributed by atoms with Crippen molar-refractivity contribution in [1.29, 1.82) is 0 Å². The summed E-state index contributed by atoms with van der Waals surface area (Å²) in [6.45, 7) is 7.00. The Morgan fingerprint density at radius 1 is 1.04 bits per heavy atom. The lowest BCUT2D eigenvalue weighted by Crippen LogP contribution is -2.58. The maximum atomic E-state index is 6.30. The average Bonchev–Trinajstić information content (AvgIpc) is 2.67. The van der Waals surface area contributed by atoms with E-state index in [0.717, 1.165) is 31.3 Å². The Kier molecular flexibility index (Phi) is 5.36. The van der Waals surface area contributed by atoms with Gasteiger partial charge in [-0.3, -0.25) is 0 Å². The van der Waals surface area contributed by atoms with Crippen molar-refractivity contribution in [2.45, 2.75) is 32.1 Å². The van der Waals surface area contributed by atoms with E-state index in [1.54, 1.807) is 0 Å². The van der Waals surface area contributed by atoms with E-state index in [4.69, 9.17) is 9.47 Å². The molecule has 1 aliphatic rings. The van der Waals surface area contributed by atoms with Gasteiger partial charge in [-0.05, 0) is 23.2 Å². The average molecular weight is 337 g/mol. The number of hydrogen-bond acceptors (Lipinski definition) is 2. The van der Waals surface area contributed by atoms with Crippen LogP contribution in [0.15, 0.2) is 78.4 Å². The van der Waals surface area contributed by atoms with Gasteiger partial charge in [0.25, 0.3) is 0 Å². The maximum absolute atomic E-state index is 6.30. The van der Waals surface area contributed by atoms with Crippen molar-refractivity contribution in [3.05, 3.63) is 78.4 Å². The van der Waals surface area contributed by atoms with Gasteiger partial charge in [0, 0.05) is 6.42 Å². The van der Waals surface area contributed by atoms with Crippen molar-refractivity contribution < 1.29 is 9.47 Å². The molecule has 1 heterocycles. The smallest absolute Gasteiger partial charge is 0.199 e. The first-order chi connectivity index (χ1) is 11.7. The van der Waals surface area contributed by atoms with Gasteiger partial charge in [0.05, 0.1) is 6.61 Å². The molecule has 0 aromatic heterocycles. The third-order valence-corrected chi connectivity index (χ3v) is 8.88. The molecule has 24 heavy (non-hydrogen) atoms. The Morgan fingerprint density at radius 3 is 2.08 bits per heavy atom. The fourth-order valence-electron chi connectivity index (χ4n) is 3.24. The number of hydrogen-bond donors (Lipinski definition) is 0. The Balaban J connectivity index is 2.02. The molecule has 3 rings (SSSR count). The fraction of sp³-hybridized carbons (Fsp3) is 0.286. The van der Waals surface area contributed by atoms with Crippen LogP contribution in [-0.4, -0.2) is 21.0 Å². The zero-order chi connectivity index (χ0) is 16.8. The second-order valence-electron chi connectivity index (χ2n) is 6.28. The van der Waals surface area contributed by atoms with E-state index < -0.39 is 8.07 Å². The third kappa shape index (κ3) is 3.39. The highest BCUT2D eigenvalue weighted by Crippen LogP contribution is 2.22. The molecule has 1 aliphatic heterocycles. The van der Waals surface area contributed by atoms with Crippen LogP contribution in [0.4, 0.5) is 0 Å². The van der Waals surface area contributed by atoms with Crippen molar-refractivity contribution in [1.82, 2.24) is 0 Å². The highest BCUT2D eigenvalue weighted by molar-refractivity contribution is 7.06. The SMILES string of the molecule is C=C=C(OC1CCCCO1)[Si](C)(c1ccccc1)c1ccccc1. The van der Waals surface area contributed by atoms with Gasteiger partial charge >= 0.3 is 0 Å². The summed E-state index contributed by atoms with van der Waals surface area (Å²) in [6.07, 6.45) is 3.00. The van der Waals surface area contributed by atoms with Crippen LogP contribution in [0.25, 0.3) is 0 Å². The van der Waals surface area contributed by atoms with Crippen LogP contribution < -0.4 is 10.4 Å². The molecule has 2 aromatic rings. The molecule has 1 saturated heterocycles. The van der Waals surface area contributed by atoms with Gasteiger partial charge in [-0.25, -0.2) is 0 Å². The Labute approximate surface area is 145 Å². The lowest BCUT2D eigenvalue weighted by molar-refractivity contribution is -0.133. The Hall–Kier alpha value is -2.06. The van der Waals surface area contributed by atoms with Gasteiger partial charge in [-0.2, -0.15) is 0 Å². The number of ether oxygens (including phenoxy) is 2. The van der Waals surface area contributed by atoms with Crippen LogP contribution >= 0.6 is 0 Å². The minimum Gasteiger partial charge on any atom is -0.466 e. The molecule has 3 heteroatoms. The van der Waals surface area contributed by atoms with Crippen LogP contribution in [0.3, 0.4) is 0 Å². The molecule has 0 radical (unpaired) electrons. The summed E-state index contributed by atoms with van der Waals surface area (Å²) in [7, 11) is -2.27. The van der Waals surface area contributed by atoms with Crippen LogP contribution in [0.5, 0.6) is 0 Å². The summed E-state index contributed by atoms with van der Waals surface area (Å²) in [6, 6.07) is 21.2. The second kappa shape index (κ2) is 7.67. The summed E-state index contributed by atoms with van der Waals surface area (Å²) in [5.41, 5.74) is 3.11. The molecular weight excluding hydrogens is 312 g/mol. The van der Waals surface area contributed by atoms with Crippen molar-refractivity contribution in [2.24, 2.45) is 0 Å². The van der Waals surface area contributed by atoms with Gasteiger partial charge in [-0.1, -0.05) is 79.5 Å². The van der Waals surface area contributed by atoms with Crippen LogP contribution in [-0.2, 0) is 9.47 Å². The molecule has 0 bridgehead atoms. The third-order valence-electron chi connectivity index (χ3n) is 4.70. The largest absolute Gasteiger partial charge is 0.466 e. The fourth-order valence-corrected chi connectivity index (χ4v) is 6.54. The zero-order valence-electron chi connectivity index (χ0n) is 14.2. The van der Waals surface area contributed by atoms with Crippen molar-refractivity contribution in [2.75, 3.05) is 6.61 Å². The lowest BCUT2D eigenvalue weighted by Gasteiger charge is -2.33. The predicted molar refractivity (Wildman–Crippen MR) is 101 cm³/mol. The first kappa shape index (κ1) is 16.8. The number of benzene rings is 2. The van der Waals surface area contributed by atoms with E-state index in [2.05, 4.69) is 67.4 Å². The highest BCUT2D eigenvalue weighted by Gasteiger charge is 2.39. The first-order valence-corrected chi connectivity index (χ1v) is 11.0. The summed E-state index contributed by atoms with van der Waals surface area (Å²) in [4.78, 5) is 0. The van der Waals surface area contributed by atoms with Crippen LogP contribution in [0.1, 0.15) is 19.3 Å². The molecule has 1 atom stereocenters. The quantitative estimate of drug-likeness (QED) is 0.472. The minimum atomic E-state index is -2.27. The molecule has 0 spiro atoms. The zero-order valence-corrected chi connectivity index (χ0v) is 15.2. The van der Waals surface area contributed by atoms with Gasteiger partial charge in [0.15, 0.2) is 14.4 Å². The molecule has 0 saturated carbocycles. The van der Waals surface area contributed by atoms with Gasteiger partial charge < -0.3 is 9.47 Å². The standard InChI is InChI=1S/C21H24O2Si/c1-3-21(23-20-16-10-11-17-22-20)24(2,18-12-6-4-7-13-18)19-14-8-5-9-15-19/h4-9,12-15,20H,1,10-11,16-17H2,2H3. The van der Waals surface area contributed by atoms with E-state index in [1.165, 1.54) is 10.4 Å². The van der Waals surface area contributed by atoms with E-state index in [0.29, 0.717) is 0 Å². The molecular formula is C21H24O2Si. The van der Waals surface area contributed by atoms with Crippen molar-refractivity contribution in [3.8, 4) is 0 Å². The maximum Gasteiger partial charge on any atom is 0.199 e. The predicted octanol–water partition coefficient (Wildman–Crippen LogP) is 3.63. The molecule has 2 nitrogen and oxygen atoms in total.